The summed E-state index contributed by atoms with van der Waals surface area (Å²) in [5.41, 5.74) is 1.89. The molecule has 1 aromatic rings. The molecule has 18 heavy (non-hydrogen) atoms. The molecule has 0 radical (unpaired) electrons. The Balaban J connectivity index is 1.99. The van der Waals surface area contributed by atoms with Crippen molar-refractivity contribution in [1.29, 1.82) is 0 Å². The van der Waals surface area contributed by atoms with Crippen molar-refractivity contribution in [1.82, 2.24) is 0 Å². The van der Waals surface area contributed by atoms with Gasteiger partial charge in [0.2, 0.25) is 0 Å². The predicted octanol–water partition coefficient (Wildman–Crippen LogP) is 2.26. The van der Waals surface area contributed by atoms with Gasteiger partial charge in [0.1, 0.15) is 0 Å². The van der Waals surface area contributed by atoms with Crippen LogP contribution in [0.2, 0.25) is 0 Å². The topological polar surface area (TPSA) is 51.2 Å². The van der Waals surface area contributed by atoms with Crippen molar-refractivity contribution in [3.63, 3.8) is 0 Å². The second-order valence-corrected chi connectivity index (χ2v) is 7.18. The first kappa shape index (κ1) is 13.3. The third-order valence-corrected chi connectivity index (χ3v) is 5.32. The van der Waals surface area contributed by atoms with Gasteiger partial charge in [-0.2, -0.15) is 0 Å². The minimum absolute atomic E-state index is 0.00773. The highest BCUT2D eigenvalue weighted by molar-refractivity contribution is 7.91. The smallest absolute Gasteiger partial charge is 0.163 e. The molecule has 0 amide bonds. The Bertz CT molecular complexity index is 529. The zero-order valence-electron chi connectivity index (χ0n) is 10.6. The SMILES string of the molecule is CCc1ccc(C(=O)CC2CCS(=O)(=O)C2)cc1. The van der Waals surface area contributed by atoms with E-state index in [1.54, 1.807) is 0 Å². The van der Waals surface area contributed by atoms with Gasteiger partial charge in [0.05, 0.1) is 11.5 Å². The number of Topliss-reactive ketones (excluding diaryl/α,β-unsaturated/α-hetero) is 1. The lowest BCUT2D eigenvalue weighted by Crippen LogP contribution is -2.10. The van der Waals surface area contributed by atoms with E-state index in [2.05, 4.69) is 6.92 Å². The molecule has 3 nitrogen and oxygen atoms in total. The highest BCUT2D eigenvalue weighted by atomic mass is 32.2. The van der Waals surface area contributed by atoms with Gasteiger partial charge in [0.25, 0.3) is 0 Å². The molecule has 0 aromatic heterocycles. The molecule has 0 saturated carbocycles. The van der Waals surface area contributed by atoms with E-state index in [1.807, 2.05) is 24.3 Å². The Hall–Kier alpha value is -1.16. The normalized spacial score (nSPS) is 21.9. The van der Waals surface area contributed by atoms with Crippen molar-refractivity contribution in [3.05, 3.63) is 35.4 Å². The molecule has 2 rings (SSSR count). The fourth-order valence-corrected chi connectivity index (χ4v) is 4.20. The number of rotatable bonds is 4. The monoisotopic (exact) mass is 266 g/mol. The van der Waals surface area contributed by atoms with Gasteiger partial charge >= 0.3 is 0 Å². The summed E-state index contributed by atoms with van der Waals surface area (Å²) in [5, 5.41) is 0. The number of sulfone groups is 1. The fourth-order valence-electron chi connectivity index (χ4n) is 2.34. The summed E-state index contributed by atoms with van der Waals surface area (Å²) in [6, 6.07) is 7.59. The minimum Gasteiger partial charge on any atom is -0.294 e. The van der Waals surface area contributed by atoms with E-state index in [9.17, 15) is 13.2 Å². The molecule has 1 aromatic carbocycles. The van der Waals surface area contributed by atoms with Crippen LogP contribution in [0, 0.1) is 5.92 Å². The van der Waals surface area contributed by atoms with Crippen LogP contribution >= 0.6 is 0 Å². The molecule has 1 saturated heterocycles. The second-order valence-electron chi connectivity index (χ2n) is 4.95. The van der Waals surface area contributed by atoms with Gasteiger partial charge in [0.15, 0.2) is 15.6 Å². The van der Waals surface area contributed by atoms with Gasteiger partial charge in [-0.1, -0.05) is 31.2 Å². The van der Waals surface area contributed by atoms with E-state index in [-0.39, 0.29) is 23.2 Å². The summed E-state index contributed by atoms with van der Waals surface area (Å²) >= 11 is 0. The molecular formula is C14H18O3S. The molecule has 1 heterocycles. The summed E-state index contributed by atoms with van der Waals surface area (Å²) in [6.45, 7) is 2.07. The summed E-state index contributed by atoms with van der Waals surface area (Å²) in [6.07, 6.45) is 1.93. The standard InChI is InChI=1S/C14H18O3S/c1-2-11-3-5-13(6-4-11)14(15)9-12-7-8-18(16,17)10-12/h3-6,12H,2,7-10H2,1H3. The van der Waals surface area contributed by atoms with E-state index >= 15 is 0 Å². The maximum atomic E-state index is 12.0. The predicted molar refractivity (Wildman–Crippen MR) is 71.5 cm³/mol. The molecule has 0 bridgehead atoms. The highest BCUT2D eigenvalue weighted by Crippen LogP contribution is 2.23. The Labute approximate surface area is 108 Å². The molecule has 1 fully saturated rings. The summed E-state index contributed by atoms with van der Waals surface area (Å²) in [7, 11) is -2.89. The number of benzene rings is 1. The first-order chi connectivity index (χ1) is 8.50. The summed E-state index contributed by atoms with van der Waals surface area (Å²) in [4.78, 5) is 12.0. The Kier molecular flexibility index (Phi) is 3.85. The van der Waals surface area contributed by atoms with Crippen LogP contribution in [0.25, 0.3) is 0 Å². The minimum atomic E-state index is -2.89. The molecule has 0 spiro atoms. The highest BCUT2D eigenvalue weighted by Gasteiger charge is 2.29. The van der Waals surface area contributed by atoms with E-state index in [1.165, 1.54) is 5.56 Å². The van der Waals surface area contributed by atoms with Crippen LogP contribution in [0.5, 0.6) is 0 Å². The van der Waals surface area contributed by atoms with Crippen LogP contribution in [-0.4, -0.2) is 25.7 Å². The average Bonchev–Trinajstić information content (AvgIpc) is 2.68. The molecule has 0 aliphatic carbocycles. The Morgan fingerprint density at radius 2 is 1.94 bits per heavy atom. The van der Waals surface area contributed by atoms with Crippen LogP contribution in [0.4, 0.5) is 0 Å². The van der Waals surface area contributed by atoms with Crippen molar-refractivity contribution >= 4 is 15.6 Å². The Morgan fingerprint density at radius 3 is 2.44 bits per heavy atom. The quantitative estimate of drug-likeness (QED) is 0.785. The van der Waals surface area contributed by atoms with Crippen LogP contribution in [0.3, 0.4) is 0 Å². The maximum Gasteiger partial charge on any atom is 0.163 e. The Morgan fingerprint density at radius 1 is 1.28 bits per heavy atom. The molecule has 4 heteroatoms. The van der Waals surface area contributed by atoms with Gasteiger partial charge in [-0.3, -0.25) is 4.79 Å². The van der Waals surface area contributed by atoms with Gasteiger partial charge in [-0.05, 0) is 24.3 Å². The van der Waals surface area contributed by atoms with Crippen molar-refractivity contribution in [2.24, 2.45) is 5.92 Å². The first-order valence-electron chi connectivity index (χ1n) is 6.33. The number of carbonyl (C=O) groups excluding carboxylic acids is 1. The zero-order chi connectivity index (χ0) is 13.2. The second kappa shape index (κ2) is 5.22. The fraction of sp³-hybridized carbons (Fsp3) is 0.500. The molecule has 1 atom stereocenters. The third kappa shape index (κ3) is 3.19. The maximum absolute atomic E-state index is 12.0. The van der Waals surface area contributed by atoms with Crippen LogP contribution < -0.4 is 0 Å². The van der Waals surface area contributed by atoms with Gasteiger partial charge in [-0.15, -0.1) is 0 Å². The van der Waals surface area contributed by atoms with E-state index < -0.39 is 9.84 Å². The van der Waals surface area contributed by atoms with Crippen LogP contribution in [0.15, 0.2) is 24.3 Å². The lowest BCUT2D eigenvalue weighted by Gasteiger charge is -2.07. The molecule has 1 aliphatic heterocycles. The number of ketones is 1. The lowest BCUT2D eigenvalue weighted by atomic mass is 9.97. The number of carbonyl (C=O) groups is 1. The number of aryl methyl sites for hydroxylation is 1. The largest absolute Gasteiger partial charge is 0.294 e. The van der Waals surface area contributed by atoms with Gasteiger partial charge in [0, 0.05) is 12.0 Å². The van der Waals surface area contributed by atoms with Crippen molar-refractivity contribution in [2.45, 2.75) is 26.2 Å². The van der Waals surface area contributed by atoms with E-state index in [0.29, 0.717) is 18.4 Å². The first-order valence-corrected chi connectivity index (χ1v) is 8.15. The molecule has 0 N–H and O–H groups in total. The molecule has 1 aliphatic rings. The summed E-state index contributed by atoms with van der Waals surface area (Å²) in [5.74, 6) is 0.471. The third-order valence-electron chi connectivity index (χ3n) is 3.48. The summed E-state index contributed by atoms with van der Waals surface area (Å²) < 4.78 is 22.7. The van der Waals surface area contributed by atoms with Crippen LogP contribution in [0.1, 0.15) is 35.7 Å². The average molecular weight is 266 g/mol. The molecular weight excluding hydrogens is 248 g/mol. The zero-order valence-corrected chi connectivity index (χ0v) is 11.4. The lowest BCUT2D eigenvalue weighted by molar-refractivity contribution is 0.0965. The van der Waals surface area contributed by atoms with Gasteiger partial charge in [-0.25, -0.2) is 8.42 Å². The van der Waals surface area contributed by atoms with Crippen molar-refractivity contribution in [2.75, 3.05) is 11.5 Å². The van der Waals surface area contributed by atoms with Crippen LogP contribution in [-0.2, 0) is 16.3 Å². The molecule has 1 unspecified atom stereocenters. The van der Waals surface area contributed by atoms with E-state index in [0.717, 1.165) is 6.42 Å². The number of hydrogen-bond donors (Lipinski definition) is 0. The van der Waals surface area contributed by atoms with Crippen molar-refractivity contribution in [3.8, 4) is 0 Å². The molecule has 98 valence electrons. The van der Waals surface area contributed by atoms with Gasteiger partial charge < -0.3 is 0 Å². The van der Waals surface area contributed by atoms with Crippen molar-refractivity contribution < 1.29 is 13.2 Å². The number of hydrogen-bond acceptors (Lipinski definition) is 3. The van der Waals surface area contributed by atoms with E-state index in [4.69, 9.17) is 0 Å².